The molecule has 2 aromatic rings. The lowest BCUT2D eigenvalue weighted by molar-refractivity contribution is -0.144. The molecule has 0 aliphatic carbocycles. The van der Waals surface area contributed by atoms with Crippen LogP contribution >= 0.6 is 46.4 Å². The summed E-state index contributed by atoms with van der Waals surface area (Å²) < 4.78 is 5.18. The Morgan fingerprint density at radius 2 is 1.62 bits per heavy atom. The van der Waals surface area contributed by atoms with Crippen molar-refractivity contribution in [1.82, 2.24) is 0 Å². The van der Waals surface area contributed by atoms with Crippen LogP contribution in [0.1, 0.15) is 11.1 Å². The van der Waals surface area contributed by atoms with Gasteiger partial charge in [0.05, 0.1) is 6.42 Å². The minimum atomic E-state index is -0.434. The predicted octanol–water partition coefficient (Wildman–Crippen LogP) is 5.59. The number of esters is 1. The van der Waals surface area contributed by atoms with E-state index in [9.17, 15) is 4.79 Å². The van der Waals surface area contributed by atoms with Crippen molar-refractivity contribution in [3.05, 3.63) is 67.6 Å². The molecular weight excluding hydrogens is 354 g/mol. The molecular formula is C15H10Cl4O2. The summed E-state index contributed by atoms with van der Waals surface area (Å²) in [5.41, 5.74) is 1.23. The van der Waals surface area contributed by atoms with E-state index in [0.717, 1.165) is 0 Å². The molecule has 0 heterocycles. The maximum absolute atomic E-state index is 11.9. The lowest BCUT2D eigenvalue weighted by atomic mass is 10.1. The molecule has 6 heteroatoms. The maximum atomic E-state index is 11.9. The zero-order chi connectivity index (χ0) is 15.4. The molecule has 0 fully saturated rings. The van der Waals surface area contributed by atoms with Crippen LogP contribution in [-0.4, -0.2) is 5.97 Å². The van der Waals surface area contributed by atoms with Crippen molar-refractivity contribution >= 4 is 52.4 Å². The van der Waals surface area contributed by atoms with Gasteiger partial charge < -0.3 is 4.74 Å². The fraction of sp³-hybridized carbons (Fsp3) is 0.133. The Morgan fingerprint density at radius 3 is 2.24 bits per heavy atom. The summed E-state index contributed by atoms with van der Waals surface area (Å²) in [5, 5.41) is 1.84. The van der Waals surface area contributed by atoms with Crippen molar-refractivity contribution in [2.24, 2.45) is 0 Å². The SMILES string of the molecule is O=C(Cc1c(Cl)cccc1Cl)OCc1ccc(Cl)cc1Cl. The highest BCUT2D eigenvalue weighted by atomic mass is 35.5. The van der Waals surface area contributed by atoms with Gasteiger partial charge in [-0.2, -0.15) is 0 Å². The van der Waals surface area contributed by atoms with E-state index < -0.39 is 5.97 Å². The van der Waals surface area contributed by atoms with Crippen molar-refractivity contribution < 1.29 is 9.53 Å². The number of hydrogen-bond donors (Lipinski definition) is 0. The summed E-state index contributed by atoms with van der Waals surface area (Å²) in [5.74, 6) is -0.434. The maximum Gasteiger partial charge on any atom is 0.310 e. The van der Waals surface area contributed by atoms with Crippen LogP contribution in [0.25, 0.3) is 0 Å². The van der Waals surface area contributed by atoms with Crippen molar-refractivity contribution in [2.45, 2.75) is 13.0 Å². The van der Waals surface area contributed by atoms with E-state index in [0.29, 0.717) is 31.2 Å². The Balaban J connectivity index is 1.99. The third kappa shape index (κ3) is 4.52. The molecule has 0 saturated heterocycles. The summed E-state index contributed by atoms with van der Waals surface area (Å²) >= 11 is 23.8. The molecule has 2 rings (SSSR count). The number of hydrogen-bond acceptors (Lipinski definition) is 2. The van der Waals surface area contributed by atoms with Crippen molar-refractivity contribution in [2.75, 3.05) is 0 Å². The standard InChI is InChI=1S/C15H10Cl4O2/c16-10-5-4-9(14(19)6-10)8-21-15(20)7-11-12(17)2-1-3-13(11)18/h1-6H,7-8H2. The first-order valence-electron chi connectivity index (χ1n) is 6.00. The fourth-order valence-corrected chi connectivity index (χ4v) is 2.69. The van der Waals surface area contributed by atoms with Gasteiger partial charge in [-0.15, -0.1) is 0 Å². The average Bonchev–Trinajstić information content (AvgIpc) is 2.42. The summed E-state index contributed by atoms with van der Waals surface area (Å²) in [6.07, 6.45) is 0.00369. The highest BCUT2D eigenvalue weighted by Crippen LogP contribution is 2.25. The zero-order valence-electron chi connectivity index (χ0n) is 10.7. The molecule has 0 saturated carbocycles. The van der Waals surface area contributed by atoms with Gasteiger partial charge in [-0.05, 0) is 24.3 Å². The number of halogens is 4. The van der Waals surface area contributed by atoms with E-state index in [4.69, 9.17) is 51.1 Å². The number of ether oxygens (including phenoxy) is 1. The van der Waals surface area contributed by atoms with E-state index in [2.05, 4.69) is 0 Å². The second-order valence-corrected chi connectivity index (χ2v) is 5.93. The molecule has 2 nitrogen and oxygen atoms in total. The first-order valence-corrected chi connectivity index (χ1v) is 7.51. The molecule has 21 heavy (non-hydrogen) atoms. The van der Waals surface area contributed by atoms with Gasteiger partial charge >= 0.3 is 5.97 Å². The lowest BCUT2D eigenvalue weighted by Gasteiger charge is -2.09. The first-order chi connectivity index (χ1) is 9.97. The highest BCUT2D eigenvalue weighted by molar-refractivity contribution is 6.36. The Labute approximate surface area is 142 Å². The first kappa shape index (κ1) is 16.4. The van der Waals surface area contributed by atoms with Gasteiger partial charge in [0, 0.05) is 31.2 Å². The van der Waals surface area contributed by atoms with Crippen LogP contribution in [0.5, 0.6) is 0 Å². The molecule has 0 aliphatic rings. The molecule has 0 aromatic heterocycles. The van der Waals surface area contributed by atoms with Gasteiger partial charge in [0.1, 0.15) is 6.61 Å². The minimum Gasteiger partial charge on any atom is -0.460 e. The summed E-state index contributed by atoms with van der Waals surface area (Å²) in [4.78, 5) is 11.9. The quantitative estimate of drug-likeness (QED) is 0.662. The Kier molecular flexibility index (Phi) is 5.77. The number of benzene rings is 2. The molecule has 0 bridgehead atoms. The third-order valence-corrected chi connectivity index (χ3v) is 4.08. The molecule has 0 aliphatic heterocycles. The topological polar surface area (TPSA) is 26.3 Å². The monoisotopic (exact) mass is 362 g/mol. The minimum absolute atomic E-state index is 0.00369. The van der Waals surface area contributed by atoms with Gasteiger partial charge in [0.25, 0.3) is 0 Å². The smallest absolute Gasteiger partial charge is 0.310 e. The van der Waals surface area contributed by atoms with Crippen LogP contribution in [0.15, 0.2) is 36.4 Å². The Bertz CT molecular complexity index is 650. The van der Waals surface area contributed by atoms with Gasteiger partial charge in [-0.1, -0.05) is 58.5 Å². The summed E-state index contributed by atoms with van der Waals surface area (Å²) in [6.45, 7) is 0.0664. The zero-order valence-corrected chi connectivity index (χ0v) is 13.7. The van der Waals surface area contributed by atoms with Crippen LogP contribution in [-0.2, 0) is 22.6 Å². The number of carbonyl (C=O) groups excluding carboxylic acids is 1. The van der Waals surface area contributed by atoms with E-state index >= 15 is 0 Å². The molecule has 0 amide bonds. The van der Waals surface area contributed by atoms with E-state index in [1.807, 2.05) is 0 Å². The fourth-order valence-electron chi connectivity index (χ4n) is 1.69. The second kappa shape index (κ2) is 7.37. The molecule has 2 aromatic carbocycles. The third-order valence-electron chi connectivity index (χ3n) is 2.79. The molecule has 0 atom stereocenters. The molecule has 0 radical (unpaired) electrons. The predicted molar refractivity (Wildman–Crippen MR) is 86.4 cm³/mol. The van der Waals surface area contributed by atoms with Crippen LogP contribution in [0.2, 0.25) is 20.1 Å². The molecule has 110 valence electrons. The van der Waals surface area contributed by atoms with Crippen LogP contribution < -0.4 is 0 Å². The van der Waals surface area contributed by atoms with Gasteiger partial charge in [0.2, 0.25) is 0 Å². The molecule has 0 N–H and O–H groups in total. The van der Waals surface area contributed by atoms with Crippen LogP contribution in [0.4, 0.5) is 0 Å². The molecule has 0 spiro atoms. The summed E-state index contributed by atoms with van der Waals surface area (Å²) in [7, 11) is 0. The van der Waals surface area contributed by atoms with E-state index in [-0.39, 0.29) is 13.0 Å². The number of rotatable bonds is 4. The highest BCUT2D eigenvalue weighted by Gasteiger charge is 2.12. The average molecular weight is 364 g/mol. The number of carbonyl (C=O) groups is 1. The Morgan fingerprint density at radius 1 is 0.952 bits per heavy atom. The van der Waals surface area contributed by atoms with Crippen LogP contribution in [0, 0.1) is 0 Å². The molecule has 0 unspecified atom stereocenters. The Hall–Kier alpha value is -0.930. The van der Waals surface area contributed by atoms with Crippen molar-refractivity contribution in [3.8, 4) is 0 Å². The van der Waals surface area contributed by atoms with E-state index in [1.54, 1.807) is 36.4 Å². The largest absolute Gasteiger partial charge is 0.460 e. The van der Waals surface area contributed by atoms with Crippen molar-refractivity contribution in [3.63, 3.8) is 0 Å². The van der Waals surface area contributed by atoms with Gasteiger partial charge in [0.15, 0.2) is 0 Å². The lowest BCUT2D eigenvalue weighted by Crippen LogP contribution is -2.09. The summed E-state index contributed by atoms with van der Waals surface area (Å²) in [6, 6.07) is 10.0. The van der Waals surface area contributed by atoms with E-state index in [1.165, 1.54) is 0 Å². The normalized spacial score (nSPS) is 10.5. The van der Waals surface area contributed by atoms with Crippen molar-refractivity contribution in [1.29, 1.82) is 0 Å². The second-order valence-electron chi connectivity index (χ2n) is 4.27. The van der Waals surface area contributed by atoms with Gasteiger partial charge in [-0.3, -0.25) is 4.79 Å². The van der Waals surface area contributed by atoms with Crippen LogP contribution in [0.3, 0.4) is 0 Å². The van der Waals surface area contributed by atoms with Gasteiger partial charge in [-0.25, -0.2) is 0 Å².